The van der Waals surface area contributed by atoms with Crippen molar-refractivity contribution in [3.05, 3.63) is 11.8 Å². The normalized spacial score (nSPS) is 12.7. The van der Waals surface area contributed by atoms with Crippen molar-refractivity contribution in [3.63, 3.8) is 0 Å². The third-order valence-electron chi connectivity index (χ3n) is 2.25. The minimum atomic E-state index is -4.64. The Morgan fingerprint density at radius 2 is 2.10 bits per heavy atom. The highest BCUT2D eigenvalue weighted by Crippen LogP contribution is 2.29. The quantitative estimate of drug-likeness (QED) is 0.471. The van der Waals surface area contributed by atoms with Gasteiger partial charge < -0.3 is 10.6 Å². The first kappa shape index (κ1) is 16.0. The van der Waals surface area contributed by atoms with E-state index >= 15 is 0 Å². The summed E-state index contributed by atoms with van der Waals surface area (Å²) in [7, 11) is 0. The zero-order chi connectivity index (χ0) is 15.3. The smallest absolute Gasteiger partial charge is 0.358 e. The van der Waals surface area contributed by atoms with Gasteiger partial charge >= 0.3 is 6.18 Å². The summed E-state index contributed by atoms with van der Waals surface area (Å²) in [4.78, 5) is 18.4. The molecule has 0 aliphatic heterocycles. The third kappa shape index (κ3) is 4.23. The molecule has 0 saturated heterocycles. The first-order chi connectivity index (χ1) is 9.27. The number of halogens is 3. The summed E-state index contributed by atoms with van der Waals surface area (Å²) in [5.74, 6) is 4.11. The molecule has 0 bridgehead atoms. The summed E-state index contributed by atoms with van der Waals surface area (Å²) in [5.41, 5.74) is 0.784. The number of nitrogen functional groups attached to an aromatic ring is 1. The van der Waals surface area contributed by atoms with Crippen molar-refractivity contribution in [2.75, 3.05) is 17.3 Å². The van der Waals surface area contributed by atoms with Crippen LogP contribution in [-0.4, -0.2) is 28.5 Å². The molecule has 1 atom stereocenters. The second-order valence-electron chi connectivity index (χ2n) is 3.86. The predicted molar refractivity (Wildman–Crippen MR) is 66.6 cm³/mol. The van der Waals surface area contributed by atoms with Crippen LogP contribution in [0, 0.1) is 0 Å². The van der Waals surface area contributed by atoms with E-state index in [0.29, 0.717) is 12.6 Å². The van der Waals surface area contributed by atoms with Crippen LogP contribution in [0.5, 0.6) is 0 Å². The molecule has 5 N–H and O–H groups in total. The highest BCUT2D eigenvalue weighted by molar-refractivity contribution is 5.83. The monoisotopic (exact) mass is 292 g/mol. The molecule has 1 heterocycles. The summed E-state index contributed by atoms with van der Waals surface area (Å²) in [6, 6.07) is -0.0483. The molecule has 1 unspecified atom stereocenters. The molecule has 1 rings (SSSR count). The maximum atomic E-state index is 12.6. The Morgan fingerprint density at radius 3 is 2.60 bits per heavy atom. The zero-order valence-corrected chi connectivity index (χ0v) is 10.9. The fraction of sp³-hybridized carbons (Fsp3) is 0.500. The van der Waals surface area contributed by atoms with E-state index in [4.69, 9.17) is 5.84 Å². The SMILES string of the molecule is CCNC(=O)C(C)Nc1cc(C(F)(F)F)nc(NN)n1. The highest BCUT2D eigenvalue weighted by Gasteiger charge is 2.34. The molecule has 0 fully saturated rings. The van der Waals surface area contributed by atoms with Gasteiger partial charge in [0.1, 0.15) is 11.9 Å². The fourth-order valence-electron chi connectivity index (χ4n) is 1.35. The number of hydrogen-bond donors (Lipinski definition) is 4. The average Bonchev–Trinajstić information content (AvgIpc) is 2.37. The zero-order valence-electron chi connectivity index (χ0n) is 10.9. The van der Waals surface area contributed by atoms with Crippen LogP contribution >= 0.6 is 0 Å². The van der Waals surface area contributed by atoms with Crippen molar-refractivity contribution in [2.24, 2.45) is 5.84 Å². The van der Waals surface area contributed by atoms with E-state index in [0.717, 1.165) is 0 Å². The topological polar surface area (TPSA) is 105 Å². The Balaban J connectivity index is 2.97. The Kier molecular flexibility index (Phi) is 5.08. The number of nitrogens with zero attached hydrogens (tertiary/aromatic N) is 2. The predicted octanol–water partition coefficient (Wildman–Crippen LogP) is 0.717. The van der Waals surface area contributed by atoms with Crippen LogP contribution in [0.4, 0.5) is 24.9 Å². The molecule has 0 spiro atoms. The number of nitrogens with two attached hydrogens (primary N) is 1. The Labute approximate surface area is 113 Å². The second-order valence-corrected chi connectivity index (χ2v) is 3.86. The molecule has 112 valence electrons. The van der Waals surface area contributed by atoms with E-state index in [2.05, 4.69) is 20.6 Å². The molecule has 1 aromatic rings. The summed E-state index contributed by atoms with van der Waals surface area (Å²) in [6.45, 7) is 3.64. The van der Waals surface area contributed by atoms with Gasteiger partial charge in [0.05, 0.1) is 0 Å². The van der Waals surface area contributed by atoms with Gasteiger partial charge in [-0.2, -0.15) is 18.2 Å². The van der Waals surface area contributed by atoms with Gasteiger partial charge in [0, 0.05) is 12.6 Å². The van der Waals surface area contributed by atoms with Crippen LogP contribution in [0.3, 0.4) is 0 Å². The number of rotatable bonds is 5. The molecule has 0 aliphatic rings. The fourth-order valence-corrected chi connectivity index (χ4v) is 1.35. The van der Waals surface area contributed by atoms with Gasteiger partial charge in [-0.3, -0.25) is 10.2 Å². The Hall–Kier alpha value is -2.10. The van der Waals surface area contributed by atoms with E-state index in [1.54, 1.807) is 6.92 Å². The lowest BCUT2D eigenvalue weighted by molar-refractivity contribution is -0.141. The molecule has 0 radical (unpaired) electrons. The van der Waals surface area contributed by atoms with E-state index in [1.807, 2.05) is 5.43 Å². The summed E-state index contributed by atoms with van der Waals surface area (Å²) < 4.78 is 37.9. The van der Waals surface area contributed by atoms with Crippen molar-refractivity contribution in [1.82, 2.24) is 15.3 Å². The minimum absolute atomic E-state index is 0.154. The average molecular weight is 292 g/mol. The number of nitrogens with one attached hydrogen (secondary N) is 3. The summed E-state index contributed by atoms with van der Waals surface area (Å²) in [5, 5.41) is 5.09. The number of carbonyl (C=O) groups excluding carboxylic acids is 1. The molecule has 0 aromatic carbocycles. The Morgan fingerprint density at radius 1 is 1.45 bits per heavy atom. The Bertz CT molecular complexity index is 479. The number of hydrazine groups is 1. The van der Waals surface area contributed by atoms with Gasteiger partial charge in [-0.05, 0) is 13.8 Å². The first-order valence-corrected chi connectivity index (χ1v) is 5.75. The van der Waals surface area contributed by atoms with E-state index in [9.17, 15) is 18.0 Å². The summed E-state index contributed by atoms with van der Waals surface area (Å²) in [6.07, 6.45) is -4.64. The molecule has 0 aliphatic carbocycles. The maximum Gasteiger partial charge on any atom is 0.433 e. The van der Waals surface area contributed by atoms with E-state index in [-0.39, 0.29) is 11.7 Å². The van der Waals surface area contributed by atoms with Gasteiger partial charge in [-0.25, -0.2) is 10.8 Å². The highest BCUT2D eigenvalue weighted by atomic mass is 19.4. The molecule has 20 heavy (non-hydrogen) atoms. The number of anilines is 2. The largest absolute Gasteiger partial charge is 0.433 e. The van der Waals surface area contributed by atoms with Gasteiger partial charge in [-0.15, -0.1) is 0 Å². The molecule has 0 saturated carbocycles. The van der Waals surface area contributed by atoms with Gasteiger partial charge in [0.2, 0.25) is 11.9 Å². The van der Waals surface area contributed by atoms with Crippen molar-refractivity contribution >= 4 is 17.7 Å². The van der Waals surface area contributed by atoms with Crippen LogP contribution in [0.15, 0.2) is 6.07 Å². The number of hydrogen-bond acceptors (Lipinski definition) is 6. The number of amides is 1. The molecule has 10 heteroatoms. The number of alkyl halides is 3. The number of carbonyl (C=O) groups is 1. The van der Waals surface area contributed by atoms with Gasteiger partial charge in [-0.1, -0.05) is 0 Å². The van der Waals surface area contributed by atoms with Crippen LogP contribution < -0.4 is 21.9 Å². The molecular weight excluding hydrogens is 277 g/mol. The summed E-state index contributed by atoms with van der Waals surface area (Å²) >= 11 is 0. The molecule has 7 nitrogen and oxygen atoms in total. The van der Waals surface area contributed by atoms with E-state index < -0.39 is 23.9 Å². The second kappa shape index (κ2) is 6.37. The van der Waals surface area contributed by atoms with Crippen LogP contribution in [0.2, 0.25) is 0 Å². The molecular formula is C10H15F3N6O. The van der Waals surface area contributed by atoms with Crippen LogP contribution in [0.1, 0.15) is 19.5 Å². The van der Waals surface area contributed by atoms with Gasteiger partial charge in [0.15, 0.2) is 5.69 Å². The van der Waals surface area contributed by atoms with Crippen molar-refractivity contribution in [1.29, 1.82) is 0 Å². The standard InChI is InChI=1S/C10H15F3N6O/c1-3-15-8(20)5(2)16-7-4-6(10(11,12)13)17-9(18-7)19-14/h4-5H,3,14H2,1-2H3,(H,15,20)(H2,16,17,18,19). The molecule has 1 amide bonds. The lowest BCUT2D eigenvalue weighted by Crippen LogP contribution is -2.37. The molecule has 1 aromatic heterocycles. The number of aromatic nitrogens is 2. The van der Waals surface area contributed by atoms with Crippen molar-refractivity contribution in [2.45, 2.75) is 26.1 Å². The first-order valence-electron chi connectivity index (χ1n) is 5.75. The maximum absolute atomic E-state index is 12.6. The van der Waals surface area contributed by atoms with Crippen molar-refractivity contribution < 1.29 is 18.0 Å². The lowest BCUT2D eigenvalue weighted by atomic mass is 10.3. The lowest BCUT2D eigenvalue weighted by Gasteiger charge is -2.15. The van der Waals surface area contributed by atoms with Gasteiger partial charge in [0.25, 0.3) is 0 Å². The van der Waals surface area contributed by atoms with Crippen LogP contribution in [0.25, 0.3) is 0 Å². The number of likely N-dealkylation sites (N-methyl/N-ethyl adjacent to an activating group) is 1. The minimum Gasteiger partial charge on any atom is -0.358 e. The van der Waals surface area contributed by atoms with Crippen LogP contribution in [-0.2, 0) is 11.0 Å². The third-order valence-corrected chi connectivity index (χ3v) is 2.25. The van der Waals surface area contributed by atoms with Crippen molar-refractivity contribution in [3.8, 4) is 0 Å². The van der Waals surface area contributed by atoms with E-state index in [1.165, 1.54) is 6.92 Å².